The first kappa shape index (κ1) is 16.1. The first-order valence-corrected chi connectivity index (χ1v) is 8.63. The van der Waals surface area contributed by atoms with Gasteiger partial charge in [0.2, 0.25) is 5.78 Å². The van der Waals surface area contributed by atoms with E-state index in [4.69, 9.17) is 4.74 Å². The van der Waals surface area contributed by atoms with E-state index in [-0.39, 0.29) is 28.6 Å². The number of carbonyl (C=O) groups is 1. The van der Waals surface area contributed by atoms with E-state index < -0.39 is 5.78 Å². The van der Waals surface area contributed by atoms with Crippen LogP contribution in [0.15, 0.2) is 66.7 Å². The van der Waals surface area contributed by atoms with Crippen LogP contribution in [-0.4, -0.2) is 26.0 Å². The molecular formula is C22H14N2O4. The van der Waals surface area contributed by atoms with E-state index in [9.17, 15) is 15.0 Å². The molecule has 2 aromatic carbocycles. The molecule has 0 atom stereocenters. The zero-order chi connectivity index (χ0) is 19.3. The Morgan fingerprint density at radius 1 is 1.07 bits per heavy atom. The monoisotopic (exact) mass is 370 g/mol. The van der Waals surface area contributed by atoms with Crippen LogP contribution in [0.4, 0.5) is 0 Å². The van der Waals surface area contributed by atoms with Crippen LogP contribution in [0.3, 0.4) is 0 Å². The fourth-order valence-electron chi connectivity index (χ4n) is 3.46. The van der Waals surface area contributed by atoms with Gasteiger partial charge in [-0.3, -0.25) is 9.78 Å². The molecule has 3 N–H and O–H groups in total. The smallest absolute Gasteiger partial charge is 0.235 e. The van der Waals surface area contributed by atoms with Gasteiger partial charge in [-0.1, -0.05) is 18.2 Å². The number of Topliss-reactive ketones (excluding diaryl/α,β-unsaturated/α-hetero) is 1. The van der Waals surface area contributed by atoms with Crippen LogP contribution in [0.25, 0.3) is 28.2 Å². The predicted molar refractivity (Wildman–Crippen MR) is 104 cm³/mol. The second kappa shape index (κ2) is 5.99. The number of para-hydroxylation sites is 1. The third-order valence-electron chi connectivity index (χ3n) is 4.71. The van der Waals surface area contributed by atoms with E-state index in [1.807, 2.05) is 36.4 Å². The van der Waals surface area contributed by atoms with Crippen molar-refractivity contribution in [3.63, 3.8) is 0 Å². The van der Waals surface area contributed by atoms with Gasteiger partial charge < -0.3 is 19.9 Å². The fraction of sp³-hybridized carbons (Fsp3) is 0. The van der Waals surface area contributed by atoms with Gasteiger partial charge in [0.05, 0.1) is 5.69 Å². The molecule has 5 rings (SSSR count). The number of nitrogens with zero attached hydrogens (tertiary/aromatic N) is 1. The molecule has 0 fully saturated rings. The Hall–Kier alpha value is -4.06. The van der Waals surface area contributed by atoms with Crippen molar-refractivity contribution in [3.8, 4) is 28.5 Å². The summed E-state index contributed by atoms with van der Waals surface area (Å²) in [5.41, 5.74) is 3.42. The molecule has 1 aliphatic heterocycles. The Labute approximate surface area is 159 Å². The molecule has 4 aromatic rings. The molecule has 0 amide bonds. The Balaban J connectivity index is 1.70. The lowest BCUT2D eigenvalue weighted by Gasteiger charge is -2.02. The Kier molecular flexibility index (Phi) is 3.45. The highest BCUT2D eigenvalue weighted by Gasteiger charge is 2.32. The molecule has 0 bridgehead atoms. The highest BCUT2D eigenvalue weighted by Crippen LogP contribution is 2.41. The maximum absolute atomic E-state index is 12.8. The topological polar surface area (TPSA) is 95.4 Å². The molecular weight excluding hydrogens is 356 g/mol. The summed E-state index contributed by atoms with van der Waals surface area (Å²) >= 11 is 0. The summed E-state index contributed by atoms with van der Waals surface area (Å²) in [6.07, 6.45) is 5.09. The third kappa shape index (κ3) is 2.43. The SMILES string of the molecule is O=C1C(=Cc2c(-c3cccnc3)[nH]c3ccccc23)Oc2cc(O)cc(O)c21. The zero-order valence-electron chi connectivity index (χ0n) is 14.5. The summed E-state index contributed by atoms with van der Waals surface area (Å²) in [5, 5.41) is 20.6. The molecule has 0 radical (unpaired) electrons. The fourth-order valence-corrected chi connectivity index (χ4v) is 3.46. The Morgan fingerprint density at radius 3 is 2.75 bits per heavy atom. The van der Waals surface area contributed by atoms with Crippen molar-refractivity contribution >= 4 is 22.8 Å². The van der Waals surface area contributed by atoms with Crippen molar-refractivity contribution in [1.82, 2.24) is 9.97 Å². The van der Waals surface area contributed by atoms with E-state index in [1.165, 1.54) is 6.07 Å². The average molecular weight is 370 g/mol. The molecule has 136 valence electrons. The Morgan fingerprint density at radius 2 is 1.93 bits per heavy atom. The minimum Gasteiger partial charge on any atom is -0.508 e. The number of carbonyl (C=O) groups excluding carboxylic acids is 1. The summed E-state index contributed by atoms with van der Waals surface area (Å²) in [5.74, 6) is -0.708. The molecule has 2 aromatic heterocycles. The molecule has 28 heavy (non-hydrogen) atoms. The maximum Gasteiger partial charge on any atom is 0.235 e. The number of ketones is 1. The number of hydrogen-bond acceptors (Lipinski definition) is 5. The van der Waals surface area contributed by atoms with E-state index in [2.05, 4.69) is 9.97 Å². The summed E-state index contributed by atoms with van der Waals surface area (Å²) in [6, 6.07) is 13.9. The number of phenolic OH excluding ortho intramolecular Hbond substituents is 2. The van der Waals surface area contributed by atoms with Crippen LogP contribution in [0.1, 0.15) is 15.9 Å². The van der Waals surface area contributed by atoms with E-state index in [0.29, 0.717) is 0 Å². The second-order valence-corrected chi connectivity index (χ2v) is 6.48. The van der Waals surface area contributed by atoms with Gasteiger partial charge in [-0.15, -0.1) is 0 Å². The van der Waals surface area contributed by atoms with Crippen molar-refractivity contribution in [2.24, 2.45) is 0 Å². The van der Waals surface area contributed by atoms with E-state index in [0.717, 1.165) is 33.8 Å². The molecule has 0 saturated heterocycles. The summed E-state index contributed by atoms with van der Waals surface area (Å²) in [6.45, 7) is 0. The number of H-pyrrole nitrogens is 1. The van der Waals surface area contributed by atoms with E-state index >= 15 is 0 Å². The second-order valence-electron chi connectivity index (χ2n) is 6.48. The summed E-state index contributed by atoms with van der Waals surface area (Å²) in [7, 11) is 0. The van der Waals surface area contributed by atoms with Gasteiger partial charge >= 0.3 is 0 Å². The standard InChI is InChI=1S/C22H14N2O4/c25-13-8-17(26)20-18(9-13)28-19(22(20)27)10-15-14-5-1-2-6-16(14)24-21(15)12-4-3-7-23-11-12/h1-11,24-26H. The zero-order valence-corrected chi connectivity index (χ0v) is 14.5. The van der Waals surface area contributed by atoms with Crippen LogP contribution in [0.2, 0.25) is 0 Å². The Bertz CT molecular complexity index is 1270. The lowest BCUT2D eigenvalue weighted by Crippen LogP contribution is -1.98. The van der Waals surface area contributed by atoms with Crippen molar-refractivity contribution in [2.45, 2.75) is 0 Å². The number of aromatic amines is 1. The van der Waals surface area contributed by atoms with Crippen LogP contribution < -0.4 is 4.74 Å². The number of phenols is 2. The van der Waals surface area contributed by atoms with Gasteiger partial charge in [-0.25, -0.2) is 0 Å². The number of ether oxygens (including phenoxy) is 1. The van der Waals surface area contributed by atoms with E-state index in [1.54, 1.807) is 18.5 Å². The lowest BCUT2D eigenvalue weighted by molar-refractivity contribution is 0.101. The van der Waals surface area contributed by atoms with Gasteiger partial charge in [0.15, 0.2) is 5.76 Å². The van der Waals surface area contributed by atoms with Gasteiger partial charge in [-0.2, -0.15) is 0 Å². The largest absolute Gasteiger partial charge is 0.508 e. The van der Waals surface area contributed by atoms with Crippen LogP contribution in [0.5, 0.6) is 17.2 Å². The number of allylic oxidation sites excluding steroid dienone is 1. The number of nitrogens with one attached hydrogen (secondary N) is 1. The third-order valence-corrected chi connectivity index (χ3v) is 4.71. The first-order valence-electron chi connectivity index (χ1n) is 8.63. The van der Waals surface area contributed by atoms with Crippen molar-refractivity contribution < 1.29 is 19.7 Å². The molecule has 0 unspecified atom stereocenters. The number of aromatic hydroxyl groups is 2. The predicted octanol–water partition coefficient (Wildman–Crippen LogP) is 4.26. The first-order chi connectivity index (χ1) is 13.6. The van der Waals surface area contributed by atoms with Crippen LogP contribution in [0, 0.1) is 0 Å². The molecule has 0 saturated carbocycles. The average Bonchev–Trinajstić information content (AvgIpc) is 3.21. The number of pyridine rings is 1. The molecule has 1 aliphatic rings. The number of benzene rings is 2. The maximum atomic E-state index is 12.8. The molecule has 3 heterocycles. The number of fused-ring (bicyclic) bond motifs is 2. The van der Waals surface area contributed by atoms with Crippen molar-refractivity contribution in [2.75, 3.05) is 0 Å². The molecule has 0 aliphatic carbocycles. The number of hydrogen-bond donors (Lipinski definition) is 3. The number of aromatic nitrogens is 2. The van der Waals surface area contributed by atoms with Gasteiger partial charge in [0.1, 0.15) is 22.8 Å². The van der Waals surface area contributed by atoms with Gasteiger partial charge in [0.25, 0.3) is 0 Å². The van der Waals surface area contributed by atoms with Crippen LogP contribution in [-0.2, 0) is 0 Å². The molecule has 6 nitrogen and oxygen atoms in total. The normalized spacial score (nSPS) is 14.4. The molecule has 6 heteroatoms. The number of rotatable bonds is 2. The van der Waals surface area contributed by atoms with Gasteiger partial charge in [-0.05, 0) is 24.3 Å². The quantitative estimate of drug-likeness (QED) is 0.458. The minimum atomic E-state index is -0.435. The highest BCUT2D eigenvalue weighted by atomic mass is 16.5. The summed E-state index contributed by atoms with van der Waals surface area (Å²) < 4.78 is 5.66. The minimum absolute atomic E-state index is 0.0480. The van der Waals surface area contributed by atoms with Crippen molar-refractivity contribution in [3.05, 3.63) is 77.8 Å². The lowest BCUT2D eigenvalue weighted by atomic mass is 10.0. The summed E-state index contributed by atoms with van der Waals surface area (Å²) in [4.78, 5) is 20.3. The van der Waals surface area contributed by atoms with Crippen molar-refractivity contribution in [1.29, 1.82) is 0 Å². The molecule has 0 spiro atoms. The van der Waals surface area contributed by atoms with Crippen LogP contribution >= 0.6 is 0 Å². The highest BCUT2D eigenvalue weighted by molar-refractivity contribution is 6.17. The van der Waals surface area contributed by atoms with Gasteiger partial charge in [0, 0.05) is 46.6 Å².